The molecule has 0 bridgehead atoms. The minimum atomic E-state index is -0.550. The lowest BCUT2D eigenvalue weighted by molar-refractivity contribution is 0.186. The van der Waals surface area contributed by atoms with Gasteiger partial charge in [-0.05, 0) is 12.1 Å². The molecule has 0 aromatic carbocycles. The summed E-state index contributed by atoms with van der Waals surface area (Å²) in [5.41, 5.74) is 4.98. The molecule has 0 aliphatic heterocycles. The summed E-state index contributed by atoms with van der Waals surface area (Å²) in [6, 6.07) is 3.64. The Balaban J connectivity index is 2.14. The Hall–Kier alpha value is -2.48. The molecule has 2 rings (SSSR count). The van der Waals surface area contributed by atoms with Crippen LogP contribution < -0.4 is 22.3 Å². The Labute approximate surface area is 120 Å². The van der Waals surface area contributed by atoms with E-state index in [1.807, 2.05) is 6.07 Å². The molecule has 2 aromatic heterocycles. The van der Waals surface area contributed by atoms with Crippen molar-refractivity contribution in [3.8, 4) is 0 Å². The van der Waals surface area contributed by atoms with Crippen LogP contribution in [-0.4, -0.2) is 29.8 Å². The predicted molar refractivity (Wildman–Crippen MR) is 78.5 cm³/mol. The zero-order chi connectivity index (χ0) is 15.2. The van der Waals surface area contributed by atoms with Crippen LogP contribution in [0.3, 0.4) is 0 Å². The average Bonchev–Trinajstić information content (AvgIpc) is 2.95. The number of hydrogen-bond acceptors (Lipinski definition) is 6. The summed E-state index contributed by atoms with van der Waals surface area (Å²) in [4.78, 5) is 25.8. The first-order chi connectivity index (χ1) is 10.1. The SMILES string of the molecule is COCCn1c(N)c(NCCc2ccco2)c(=O)[nH]c1=O. The molecule has 0 saturated carbocycles. The van der Waals surface area contributed by atoms with E-state index in [0.29, 0.717) is 19.6 Å². The number of nitrogens with two attached hydrogens (primary N) is 1. The van der Waals surface area contributed by atoms with Crippen molar-refractivity contribution in [3.63, 3.8) is 0 Å². The van der Waals surface area contributed by atoms with E-state index in [4.69, 9.17) is 14.9 Å². The molecule has 114 valence electrons. The largest absolute Gasteiger partial charge is 0.469 e. The van der Waals surface area contributed by atoms with Gasteiger partial charge in [-0.1, -0.05) is 0 Å². The maximum Gasteiger partial charge on any atom is 0.330 e. The summed E-state index contributed by atoms with van der Waals surface area (Å²) >= 11 is 0. The number of nitrogen functional groups attached to an aromatic ring is 1. The molecule has 0 amide bonds. The lowest BCUT2D eigenvalue weighted by atomic mass is 10.3. The van der Waals surface area contributed by atoms with Gasteiger partial charge in [0.2, 0.25) is 0 Å². The molecule has 0 spiro atoms. The van der Waals surface area contributed by atoms with Gasteiger partial charge in [-0.15, -0.1) is 0 Å². The molecule has 2 aromatic rings. The molecule has 0 unspecified atom stereocenters. The van der Waals surface area contributed by atoms with Crippen LogP contribution in [0.1, 0.15) is 5.76 Å². The van der Waals surface area contributed by atoms with Gasteiger partial charge in [0.25, 0.3) is 5.56 Å². The van der Waals surface area contributed by atoms with Gasteiger partial charge in [-0.3, -0.25) is 14.3 Å². The predicted octanol–water partition coefficient (Wildman–Crippen LogP) is 0.0128. The zero-order valence-electron chi connectivity index (χ0n) is 11.7. The monoisotopic (exact) mass is 294 g/mol. The number of nitrogens with zero attached hydrogens (tertiary/aromatic N) is 1. The van der Waals surface area contributed by atoms with Crippen LogP contribution in [0.25, 0.3) is 0 Å². The fourth-order valence-corrected chi connectivity index (χ4v) is 1.93. The van der Waals surface area contributed by atoms with Crippen LogP contribution >= 0.6 is 0 Å². The number of methoxy groups -OCH3 is 1. The van der Waals surface area contributed by atoms with E-state index in [9.17, 15) is 9.59 Å². The van der Waals surface area contributed by atoms with Gasteiger partial charge in [-0.2, -0.15) is 0 Å². The first-order valence-corrected chi connectivity index (χ1v) is 6.51. The number of H-pyrrole nitrogens is 1. The van der Waals surface area contributed by atoms with Gasteiger partial charge in [0.1, 0.15) is 17.3 Å². The van der Waals surface area contributed by atoms with Crippen molar-refractivity contribution in [1.29, 1.82) is 0 Å². The van der Waals surface area contributed by atoms with Crippen molar-refractivity contribution < 1.29 is 9.15 Å². The molecule has 0 aliphatic carbocycles. The number of ether oxygens (including phenoxy) is 1. The smallest absolute Gasteiger partial charge is 0.330 e. The lowest BCUT2D eigenvalue weighted by Gasteiger charge is -2.13. The third kappa shape index (κ3) is 3.54. The highest BCUT2D eigenvalue weighted by Crippen LogP contribution is 2.10. The minimum absolute atomic E-state index is 0.0974. The summed E-state index contributed by atoms with van der Waals surface area (Å²) < 4.78 is 11.4. The second-order valence-corrected chi connectivity index (χ2v) is 4.42. The summed E-state index contributed by atoms with van der Waals surface area (Å²) in [5.74, 6) is 0.894. The van der Waals surface area contributed by atoms with Crippen molar-refractivity contribution in [1.82, 2.24) is 9.55 Å². The summed E-state index contributed by atoms with van der Waals surface area (Å²) in [6.45, 7) is 1.05. The molecular weight excluding hydrogens is 276 g/mol. The van der Waals surface area contributed by atoms with Crippen molar-refractivity contribution in [2.45, 2.75) is 13.0 Å². The first-order valence-electron chi connectivity index (χ1n) is 6.51. The van der Waals surface area contributed by atoms with Crippen molar-refractivity contribution in [2.75, 3.05) is 31.3 Å². The van der Waals surface area contributed by atoms with Crippen molar-refractivity contribution in [2.24, 2.45) is 0 Å². The Morgan fingerprint density at radius 2 is 2.29 bits per heavy atom. The summed E-state index contributed by atoms with van der Waals surface area (Å²) in [7, 11) is 1.52. The summed E-state index contributed by atoms with van der Waals surface area (Å²) in [5, 5.41) is 2.93. The standard InChI is InChI=1S/C13H18N4O4/c1-20-8-6-17-11(14)10(12(18)16-13(17)19)15-5-4-9-3-2-7-21-9/h2-3,7,15H,4-6,8,14H2,1H3,(H,16,18,19). The van der Waals surface area contributed by atoms with Gasteiger partial charge in [-0.25, -0.2) is 4.79 Å². The van der Waals surface area contributed by atoms with E-state index in [-0.39, 0.29) is 18.1 Å². The quantitative estimate of drug-likeness (QED) is 0.662. The van der Waals surface area contributed by atoms with Gasteiger partial charge in [0, 0.05) is 20.1 Å². The molecule has 0 atom stereocenters. The number of furan rings is 1. The number of aromatic amines is 1. The van der Waals surface area contributed by atoms with Crippen LogP contribution in [0.15, 0.2) is 32.4 Å². The van der Waals surface area contributed by atoms with Crippen molar-refractivity contribution >= 4 is 11.5 Å². The number of aromatic nitrogens is 2. The molecule has 8 heteroatoms. The number of rotatable bonds is 7. The zero-order valence-corrected chi connectivity index (χ0v) is 11.7. The van der Waals surface area contributed by atoms with Crippen LogP contribution in [0.4, 0.5) is 11.5 Å². The van der Waals surface area contributed by atoms with E-state index < -0.39 is 11.2 Å². The topological polar surface area (TPSA) is 115 Å². The highest BCUT2D eigenvalue weighted by atomic mass is 16.5. The normalized spacial score (nSPS) is 10.7. The highest BCUT2D eigenvalue weighted by molar-refractivity contribution is 5.60. The van der Waals surface area contributed by atoms with E-state index in [1.54, 1.807) is 12.3 Å². The van der Waals surface area contributed by atoms with Crippen LogP contribution in [0.5, 0.6) is 0 Å². The third-order valence-corrected chi connectivity index (χ3v) is 3.01. The van der Waals surface area contributed by atoms with E-state index >= 15 is 0 Å². The van der Waals surface area contributed by atoms with Crippen molar-refractivity contribution in [3.05, 3.63) is 45.0 Å². The van der Waals surface area contributed by atoms with Crippen LogP contribution in [0, 0.1) is 0 Å². The molecule has 21 heavy (non-hydrogen) atoms. The molecule has 0 radical (unpaired) electrons. The fourth-order valence-electron chi connectivity index (χ4n) is 1.93. The second kappa shape index (κ2) is 6.80. The molecular formula is C13H18N4O4. The maximum absolute atomic E-state index is 11.8. The lowest BCUT2D eigenvalue weighted by Crippen LogP contribution is -2.35. The van der Waals surface area contributed by atoms with E-state index in [0.717, 1.165) is 5.76 Å². The number of nitrogens with one attached hydrogen (secondary N) is 2. The first kappa shape index (κ1) is 14.9. The number of anilines is 2. The van der Waals surface area contributed by atoms with E-state index in [1.165, 1.54) is 11.7 Å². The Bertz CT molecular complexity index is 687. The number of hydrogen-bond donors (Lipinski definition) is 3. The average molecular weight is 294 g/mol. The van der Waals surface area contributed by atoms with Gasteiger partial charge in [0.15, 0.2) is 0 Å². The Kier molecular flexibility index (Phi) is 4.83. The molecule has 2 heterocycles. The molecule has 0 saturated heterocycles. The second-order valence-electron chi connectivity index (χ2n) is 4.42. The Morgan fingerprint density at radius 1 is 1.48 bits per heavy atom. The van der Waals surface area contributed by atoms with E-state index in [2.05, 4.69) is 10.3 Å². The summed E-state index contributed by atoms with van der Waals surface area (Å²) in [6.07, 6.45) is 2.19. The van der Waals surface area contributed by atoms with Gasteiger partial charge >= 0.3 is 5.69 Å². The molecule has 0 fully saturated rings. The highest BCUT2D eigenvalue weighted by Gasteiger charge is 2.11. The third-order valence-electron chi connectivity index (χ3n) is 3.01. The minimum Gasteiger partial charge on any atom is -0.469 e. The van der Waals surface area contributed by atoms with Gasteiger partial charge < -0.3 is 20.2 Å². The van der Waals surface area contributed by atoms with Crippen LogP contribution in [0.2, 0.25) is 0 Å². The molecule has 0 aliphatic rings. The fraction of sp³-hybridized carbons (Fsp3) is 0.385. The van der Waals surface area contributed by atoms with Gasteiger partial charge in [0.05, 0.1) is 19.4 Å². The Morgan fingerprint density at radius 3 is 2.95 bits per heavy atom. The molecule has 4 N–H and O–H groups in total. The van der Waals surface area contributed by atoms with Crippen LogP contribution in [-0.2, 0) is 17.7 Å². The molecule has 8 nitrogen and oxygen atoms in total. The maximum atomic E-state index is 11.8.